The fourth-order valence-corrected chi connectivity index (χ4v) is 3.31. The number of aliphatic carboxylic acids is 1. The molecule has 2 unspecified atom stereocenters. The van der Waals surface area contributed by atoms with Gasteiger partial charge in [-0.15, -0.1) is 0 Å². The van der Waals surface area contributed by atoms with Gasteiger partial charge in [-0.1, -0.05) is 6.07 Å². The number of hydrogen-bond donors (Lipinski definition) is 1. The van der Waals surface area contributed by atoms with Crippen LogP contribution in [0.5, 0.6) is 11.5 Å². The molecule has 6 nitrogen and oxygen atoms in total. The summed E-state index contributed by atoms with van der Waals surface area (Å²) in [5.74, 6) is -1.99. The van der Waals surface area contributed by atoms with Crippen molar-refractivity contribution < 1.29 is 32.9 Å². The maximum Gasteiger partial charge on any atom is 0.325 e. The van der Waals surface area contributed by atoms with Crippen molar-refractivity contribution in [2.24, 2.45) is 0 Å². The molecule has 1 aliphatic heterocycles. The van der Waals surface area contributed by atoms with E-state index in [9.17, 15) is 18.7 Å². The van der Waals surface area contributed by atoms with Crippen molar-refractivity contribution in [2.45, 2.75) is 12.1 Å². The number of halogens is 2. The number of carbonyl (C=O) groups is 1. The van der Waals surface area contributed by atoms with Crippen LogP contribution in [0.3, 0.4) is 0 Å². The summed E-state index contributed by atoms with van der Waals surface area (Å²) < 4.78 is 42.9. The van der Waals surface area contributed by atoms with E-state index < -0.39 is 29.7 Å². The number of rotatable bonds is 6. The number of benzene rings is 2. The molecule has 150 valence electrons. The lowest BCUT2D eigenvalue weighted by Crippen LogP contribution is -2.43. The first-order valence-electron chi connectivity index (χ1n) is 8.69. The molecule has 2 atom stereocenters. The predicted molar refractivity (Wildman–Crippen MR) is 96.5 cm³/mol. The number of methoxy groups -OCH3 is 2. The summed E-state index contributed by atoms with van der Waals surface area (Å²) in [4.78, 5) is 13.8. The minimum atomic E-state index is -1.04. The topological polar surface area (TPSA) is 68.2 Å². The Labute approximate surface area is 161 Å². The molecule has 0 bridgehead atoms. The van der Waals surface area contributed by atoms with Gasteiger partial charge in [-0.3, -0.25) is 9.69 Å². The van der Waals surface area contributed by atoms with Gasteiger partial charge in [0.25, 0.3) is 0 Å². The smallest absolute Gasteiger partial charge is 0.325 e. The number of ether oxygens (including phenoxy) is 3. The molecule has 1 N–H and O–H groups in total. The van der Waals surface area contributed by atoms with Gasteiger partial charge in [-0.25, -0.2) is 8.78 Å². The minimum absolute atomic E-state index is 0.210. The van der Waals surface area contributed by atoms with Crippen LogP contribution in [-0.2, 0) is 9.53 Å². The number of carboxylic acids is 1. The zero-order valence-corrected chi connectivity index (χ0v) is 15.5. The Morgan fingerprint density at radius 2 is 1.82 bits per heavy atom. The lowest BCUT2D eigenvalue weighted by molar-refractivity contribution is -0.147. The third-order valence-electron chi connectivity index (χ3n) is 4.70. The summed E-state index contributed by atoms with van der Waals surface area (Å²) in [5.41, 5.74) is 0.950. The van der Waals surface area contributed by atoms with Gasteiger partial charge in [0.2, 0.25) is 0 Å². The lowest BCUT2D eigenvalue weighted by atomic mass is 10.0. The maximum absolute atomic E-state index is 13.6. The van der Waals surface area contributed by atoms with Crippen LogP contribution in [0.4, 0.5) is 8.78 Å². The molecule has 0 saturated carbocycles. The van der Waals surface area contributed by atoms with E-state index in [1.165, 1.54) is 20.3 Å². The van der Waals surface area contributed by atoms with E-state index in [0.717, 1.165) is 12.1 Å². The Bertz CT molecular complexity index is 838. The molecule has 1 fully saturated rings. The van der Waals surface area contributed by atoms with Gasteiger partial charge in [0.15, 0.2) is 11.6 Å². The molecule has 1 aliphatic rings. The van der Waals surface area contributed by atoms with Crippen molar-refractivity contribution in [1.29, 1.82) is 0 Å². The Kier molecular flexibility index (Phi) is 6.11. The molecule has 28 heavy (non-hydrogen) atoms. The first-order valence-corrected chi connectivity index (χ1v) is 8.69. The molecule has 1 heterocycles. The summed E-state index contributed by atoms with van der Waals surface area (Å²) in [7, 11) is 2.98. The highest BCUT2D eigenvalue weighted by atomic mass is 19.2. The Hall–Kier alpha value is -2.71. The average molecular weight is 393 g/mol. The van der Waals surface area contributed by atoms with E-state index in [1.807, 2.05) is 0 Å². The second kappa shape index (κ2) is 8.53. The Balaban J connectivity index is 1.90. The van der Waals surface area contributed by atoms with Gasteiger partial charge in [-0.2, -0.15) is 0 Å². The van der Waals surface area contributed by atoms with Crippen LogP contribution in [0.1, 0.15) is 23.3 Å². The van der Waals surface area contributed by atoms with E-state index in [2.05, 4.69) is 0 Å². The van der Waals surface area contributed by atoms with Crippen molar-refractivity contribution >= 4 is 5.97 Å². The van der Waals surface area contributed by atoms with Crippen LogP contribution in [0.15, 0.2) is 36.4 Å². The normalized spacial score (nSPS) is 18.5. The molecule has 3 rings (SSSR count). The van der Waals surface area contributed by atoms with E-state index in [-0.39, 0.29) is 13.2 Å². The number of morpholine rings is 1. The van der Waals surface area contributed by atoms with E-state index >= 15 is 0 Å². The van der Waals surface area contributed by atoms with Crippen molar-refractivity contribution in [3.05, 3.63) is 59.2 Å². The second-order valence-electron chi connectivity index (χ2n) is 6.41. The third kappa shape index (κ3) is 4.23. The predicted octanol–water partition coefficient (Wildman–Crippen LogP) is 3.18. The van der Waals surface area contributed by atoms with E-state index in [0.29, 0.717) is 29.2 Å². The molecule has 0 aliphatic carbocycles. The molecule has 0 spiro atoms. The average Bonchev–Trinajstić information content (AvgIpc) is 2.69. The van der Waals surface area contributed by atoms with Crippen molar-refractivity contribution in [3.8, 4) is 11.5 Å². The first kappa shape index (κ1) is 20.0. The van der Waals surface area contributed by atoms with Gasteiger partial charge in [-0.05, 0) is 35.4 Å². The molecular formula is C20H21F2NO5. The van der Waals surface area contributed by atoms with Crippen LogP contribution in [0, 0.1) is 11.6 Å². The largest absolute Gasteiger partial charge is 0.497 e. The summed E-state index contributed by atoms with van der Waals surface area (Å²) in [6, 6.07) is 7.53. The summed E-state index contributed by atoms with van der Waals surface area (Å²) in [6.07, 6.45) is -0.571. The highest BCUT2D eigenvalue weighted by Crippen LogP contribution is 2.33. The van der Waals surface area contributed by atoms with Gasteiger partial charge >= 0.3 is 5.97 Å². The van der Waals surface area contributed by atoms with Crippen LogP contribution >= 0.6 is 0 Å². The van der Waals surface area contributed by atoms with E-state index in [1.54, 1.807) is 23.1 Å². The van der Waals surface area contributed by atoms with Crippen molar-refractivity contribution in [2.75, 3.05) is 33.9 Å². The first-order chi connectivity index (χ1) is 13.4. The molecule has 0 radical (unpaired) electrons. The summed E-state index contributed by atoms with van der Waals surface area (Å²) in [5, 5.41) is 9.87. The van der Waals surface area contributed by atoms with Crippen LogP contribution in [0.2, 0.25) is 0 Å². The summed E-state index contributed by atoms with van der Waals surface area (Å²) >= 11 is 0. The highest BCUT2D eigenvalue weighted by molar-refractivity contribution is 5.76. The molecular weight excluding hydrogens is 372 g/mol. The van der Waals surface area contributed by atoms with Gasteiger partial charge < -0.3 is 19.3 Å². The number of hydrogen-bond acceptors (Lipinski definition) is 5. The SMILES string of the molecule is COc1cc(OC)cc(C(C(=O)O)N2CCOC(c3ccc(F)c(F)c3)C2)c1. The molecule has 2 aromatic rings. The second-order valence-corrected chi connectivity index (χ2v) is 6.41. The number of carboxylic acid groups (broad SMARTS) is 1. The fourth-order valence-electron chi connectivity index (χ4n) is 3.31. The molecule has 2 aromatic carbocycles. The van der Waals surface area contributed by atoms with Crippen molar-refractivity contribution in [3.63, 3.8) is 0 Å². The maximum atomic E-state index is 13.6. The zero-order chi connectivity index (χ0) is 20.3. The Morgan fingerprint density at radius 3 is 2.39 bits per heavy atom. The zero-order valence-electron chi connectivity index (χ0n) is 15.5. The van der Waals surface area contributed by atoms with Crippen LogP contribution in [0.25, 0.3) is 0 Å². The van der Waals surface area contributed by atoms with E-state index in [4.69, 9.17) is 14.2 Å². The fraction of sp³-hybridized carbons (Fsp3) is 0.350. The molecule has 0 aromatic heterocycles. The van der Waals surface area contributed by atoms with Crippen molar-refractivity contribution in [1.82, 2.24) is 4.90 Å². The van der Waals surface area contributed by atoms with Gasteiger partial charge in [0.05, 0.1) is 26.9 Å². The standard InChI is InChI=1S/C20H21F2NO5/c1-26-14-7-13(8-15(10-14)27-2)19(20(24)25)23-5-6-28-18(11-23)12-3-4-16(21)17(22)9-12/h3-4,7-10,18-19H,5-6,11H2,1-2H3,(H,24,25). The van der Waals surface area contributed by atoms with Crippen LogP contribution in [-0.4, -0.2) is 49.9 Å². The Morgan fingerprint density at radius 1 is 1.14 bits per heavy atom. The molecule has 8 heteroatoms. The molecule has 0 amide bonds. The summed E-state index contributed by atoms with van der Waals surface area (Å²) in [6.45, 7) is 0.840. The highest BCUT2D eigenvalue weighted by Gasteiger charge is 2.33. The quantitative estimate of drug-likeness (QED) is 0.813. The lowest BCUT2D eigenvalue weighted by Gasteiger charge is -2.37. The number of nitrogens with zero attached hydrogens (tertiary/aromatic N) is 1. The van der Waals surface area contributed by atoms with Gasteiger partial charge in [0, 0.05) is 19.2 Å². The van der Waals surface area contributed by atoms with Gasteiger partial charge in [0.1, 0.15) is 17.5 Å². The van der Waals surface area contributed by atoms with Crippen LogP contribution < -0.4 is 9.47 Å². The molecule has 1 saturated heterocycles. The third-order valence-corrected chi connectivity index (χ3v) is 4.70. The monoisotopic (exact) mass is 393 g/mol. The minimum Gasteiger partial charge on any atom is -0.497 e.